The number of methoxy groups -OCH3 is 1. The number of aryl methyl sites for hydroxylation is 1. The molecule has 1 aromatic carbocycles. The smallest absolute Gasteiger partial charge is 0.252 e. The normalized spacial score (nSPS) is 13.0. The number of aromatic nitrogens is 2. The number of carbonyl (C=O) groups is 1. The van der Waals surface area contributed by atoms with Crippen LogP contribution in [0.25, 0.3) is 0 Å². The standard InChI is InChI=1S/C16H21N3O2/c1-16(2,21-4)15(20)18-13(12-8-6-5-7-9-12)14-17-10-11-19(14)3/h5-11,13H,1-4H3,(H,18,20). The van der Waals surface area contributed by atoms with Crippen molar-refractivity contribution in [2.45, 2.75) is 25.5 Å². The third kappa shape index (κ3) is 3.31. The molecular formula is C16H21N3O2. The summed E-state index contributed by atoms with van der Waals surface area (Å²) in [6.45, 7) is 3.48. The van der Waals surface area contributed by atoms with Gasteiger partial charge in [-0.1, -0.05) is 30.3 Å². The molecule has 1 heterocycles. The van der Waals surface area contributed by atoms with Crippen molar-refractivity contribution >= 4 is 5.91 Å². The maximum absolute atomic E-state index is 12.4. The molecule has 0 aliphatic carbocycles. The van der Waals surface area contributed by atoms with E-state index in [4.69, 9.17) is 4.74 Å². The molecule has 0 aliphatic heterocycles. The van der Waals surface area contributed by atoms with Crippen molar-refractivity contribution in [3.63, 3.8) is 0 Å². The van der Waals surface area contributed by atoms with E-state index in [0.29, 0.717) is 0 Å². The van der Waals surface area contributed by atoms with Crippen LogP contribution in [0.15, 0.2) is 42.7 Å². The third-order valence-corrected chi connectivity index (χ3v) is 3.58. The Hall–Kier alpha value is -2.14. The highest BCUT2D eigenvalue weighted by Crippen LogP contribution is 2.21. The first-order chi connectivity index (χ1) is 9.95. The molecular weight excluding hydrogens is 266 g/mol. The van der Waals surface area contributed by atoms with Crippen LogP contribution in [0, 0.1) is 0 Å². The Kier molecular flexibility index (Phi) is 4.43. The predicted molar refractivity (Wildman–Crippen MR) is 80.7 cm³/mol. The minimum absolute atomic E-state index is 0.179. The summed E-state index contributed by atoms with van der Waals surface area (Å²) in [5.41, 5.74) is 0.0881. The largest absolute Gasteiger partial charge is 0.369 e. The van der Waals surface area contributed by atoms with Gasteiger partial charge in [0, 0.05) is 26.6 Å². The van der Waals surface area contributed by atoms with Crippen LogP contribution in [-0.2, 0) is 16.6 Å². The SMILES string of the molecule is COC(C)(C)C(=O)NC(c1ccccc1)c1nccn1C. The zero-order valence-corrected chi connectivity index (χ0v) is 12.8. The zero-order valence-electron chi connectivity index (χ0n) is 12.8. The fraction of sp³-hybridized carbons (Fsp3) is 0.375. The van der Waals surface area contributed by atoms with Crippen LogP contribution >= 0.6 is 0 Å². The molecule has 0 spiro atoms. The zero-order chi connectivity index (χ0) is 15.5. The van der Waals surface area contributed by atoms with Crippen molar-refractivity contribution < 1.29 is 9.53 Å². The lowest BCUT2D eigenvalue weighted by Gasteiger charge is -2.26. The van der Waals surface area contributed by atoms with E-state index in [1.165, 1.54) is 7.11 Å². The van der Waals surface area contributed by atoms with Crippen LogP contribution in [0.1, 0.15) is 31.3 Å². The molecule has 0 saturated carbocycles. The van der Waals surface area contributed by atoms with Crippen molar-refractivity contribution in [2.75, 3.05) is 7.11 Å². The second kappa shape index (κ2) is 6.10. The van der Waals surface area contributed by atoms with Crippen LogP contribution in [0.4, 0.5) is 0 Å². The van der Waals surface area contributed by atoms with E-state index < -0.39 is 5.60 Å². The number of nitrogens with zero attached hydrogens (tertiary/aromatic N) is 2. The Morgan fingerprint density at radius 2 is 2.00 bits per heavy atom. The quantitative estimate of drug-likeness (QED) is 0.915. The van der Waals surface area contributed by atoms with Gasteiger partial charge in [-0.2, -0.15) is 0 Å². The maximum Gasteiger partial charge on any atom is 0.252 e. The molecule has 0 aliphatic rings. The van der Waals surface area contributed by atoms with E-state index in [1.807, 2.05) is 48.1 Å². The van der Waals surface area contributed by atoms with Crippen molar-refractivity contribution in [3.05, 3.63) is 54.1 Å². The average Bonchev–Trinajstić information content (AvgIpc) is 2.91. The van der Waals surface area contributed by atoms with Gasteiger partial charge in [0.15, 0.2) is 0 Å². The first-order valence-corrected chi connectivity index (χ1v) is 6.84. The Balaban J connectivity index is 2.35. The molecule has 0 fully saturated rings. The predicted octanol–water partition coefficient (Wildman–Crippen LogP) is 2.05. The van der Waals surface area contributed by atoms with Gasteiger partial charge in [0.05, 0.1) is 0 Å². The fourth-order valence-corrected chi connectivity index (χ4v) is 2.00. The van der Waals surface area contributed by atoms with E-state index in [0.717, 1.165) is 11.4 Å². The third-order valence-electron chi connectivity index (χ3n) is 3.58. The van der Waals surface area contributed by atoms with Crippen LogP contribution in [0.5, 0.6) is 0 Å². The number of hydrogen-bond donors (Lipinski definition) is 1. The van der Waals surface area contributed by atoms with Gasteiger partial charge in [0.1, 0.15) is 17.5 Å². The van der Waals surface area contributed by atoms with Crippen molar-refractivity contribution in [1.82, 2.24) is 14.9 Å². The van der Waals surface area contributed by atoms with Crippen LogP contribution in [0.3, 0.4) is 0 Å². The van der Waals surface area contributed by atoms with E-state index in [-0.39, 0.29) is 11.9 Å². The van der Waals surface area contributed by atoms with Crippen molar-refractivity contribution in [1.29, 1.82) is 0 Å². The summed E-state index contributed by atoms with van der Waals surface area (Å²) in [6, 6.07) is 9.46. The summed E-state index contributed by atoms with van der Waals surface area (Å²) in [5.74, 6) is 0.600. The molecule has 0 radical (unpaired) electrons. The van der Waals surface area contributed by atoms with E-state index in [9.17, 15) is 4.79 Å². The summed E-state index contributed by atoms with van der Waals surface area (Å²) in [7, 11) is 3.43. The lowest BCUT2D eigenvalue weighted by molar-refractivity contribution is -0.140. The summed E-state index contributed by atoms with van der Waals surface area (Å²) >= 11 is 0. The number of imidazole rings is 1. The van der Waals surface area contributed by atoms with Gasteiger partial charge in [-0.25, -0.2) is 4.98 Å². The first-order valence-electron chi connectivity index (χ1n) is 6.84. The van der Waals surface area contributed by atoms with Crippen molar-refractivity contribution in [2.24, 2.45) is 7.05 Å². The minimum atomic E-state index is -0.891. The molecule has 2 rings (SSSR count). The number of benzene rings is 1. The Morgan fingerprint density at radius 3 is 2.52 bits per heavy atom. The lowest BCUT2D eigenvalue weighted by atomic mass is 10.0. The Bertz CT molecular complexity index is 605. The number of hydrogen-bond acceptors (Lipinski definition) is 3. The minimum Gasteiger partial charge on any atom is -0.369 e. The van der Waals surface area contributed by atoms with E-state index in [2.05, 4.69) is 10.3 Å². The molecule has 1 unspecified atom stereocenters. The first kappa shape index (κ1) is 15.3. The molecule has 0 saturated heterocycles. The summed E-state index contributed by atoms with van der Waals surface area (Å²) in [5, 5.41) is 3.02. The number of rotatable bonds is 5. The molecule has 112 valence electrons. The topological polar surface area (TPSA) is 56.1 Å². The summed E-state index contributed by atoms with van der Waals surface area (Å²) < 4.78 is 7.15. The second-order valence-electron chi connectivity index (χ2n) is 5.43. The lowest BCUT2D eigenvalue weighted by Crippen LogP contribution is -2.45. The van der Waals surface area contributed by atoms with E-state index >= 15 is 0 Å². The number of ether oxygens (including phenoxy) is 1. The van der Waals surface area contributed by atoms with Crippen LogP contribution < -0.4 is 5.32 Å². The molecule has 0 bridgehead atoms. The molecule has 1 amide bonds. The van der Waals surface area contributed by atoms with E-state index in [1.54, 1.807) is 20.0 Å². The van der Waals surface area contributed by atoms with Gasteiger partial charge < -0.3 is 14.6 Å². The van der Waals surface area contributed by atoms with Gasteiger partial charge in [0.25, 0.3) is 5.91 Å². The molecule has 1 aromatic heterocycles. The fourth-order valence-electron chi connectivity index (χ4n) is 2.00. The van der Waals surface area contributed by atoms with Crippen molar-refractivity contribution in [3.8, 4) is 0 Å². The second-order valence-corrected chi connectivity index (χ2v) is 5.43. The number of carbonyl (C=O) groups excluding carboxylic acids is 1. The Labute approximate surface area is 125 Å². The highest BCUT2D eigenvalue weighted by atomic mass is 16.5. The highest BCUT2D eigenvalue weighted by molar-refractivity contribution is 5.84. The average molecular weight is 287 g/mol. The maximum atomic E-state index is 12.4. The molecule has 2 aromatic rings. The van der Waals surface area contributed by atoms with Gasteiger partial charge in [-0.15, -0.1) is 0 Å². The summed E-state index contributed by atoms with van der Waals surface area (Å²) in [4.78, 5) is 16.8. The summed E-state index contributed by atoms with van der Waals surface area (Å²) in [6.07, 6.45) is 3.58. The molecule has 5 heteroatoms. The van der Waals surface area contributed by atoms with Crippen LogP contribution in [0.2, 0.25) is 0 Å². The van der Waals surface area contributed by atoms with Gasteiger partial charge >= 0.3 is 0 Å². The molecule has 21 heavy (non-hydrogen) atoms. The number of nitrogens with one attached hydrogen (secondary N) is 1. The number of amides is 1. The monoisotopic (exact) mass is 287 g/mol. The Morgan fingerprint density at radius 1 is 1.33 bits per heavy atom. The van der Waals surface area contributed by atoms with Gasteiger partial charge in [-0.3, -0.25) is 4.79 Å². The van der Waals surface area contributed by atoms with Gasteiger partial charge in [-0.05, 0) is 19.4 Å². The highest BCUT2D eigenvalue weighted by Gasteiger charge is 2.31. The molecule has 1 N–H and O–H groups in total. The van der Waals surface area contributed by atoms with Gasteiger partial charge in [0.2, 0.25) is 0 Å². The molecule has 5 nitrogen and oxygen atoms in total. The van der Waals surface area contributed by atoms with Crippen LogP contribution in [-0.4, -0.2) is 28.2 Å². The molecule has 1 atom stereocenters.